The van der Waals surface area contributed by atoms with Crippen LogP contribution in [0, 0.1) is 6.92 Å². The van der Waals surface area contributed by atoms with E-state index in [1.165, 1.54) is 0 Å². The van der Waals surface area contributed by atoms with Gasteiger partial charge in [0.05, 0.1) is 11.7 Å². The van der Waals surface area contributed by atoms with E-state index in [1.54, 1.807) is 4.52 Å². The Morgan fingerprint density at radius 2 is 2.05 bits per heavy atom. The number of aryl methyl sites for hydroxylation is 1. The SMILES string of the molecule is Cc1cc2nc(C(C)C)cc(NC(C)c3n[nH]c(=O)[nH]3)n2n1. The van der Waals surface area contributed by atoms with E-state index < -0.39 is 0 Å². The van der Waals surface area contributed by atoms with Crippen LogP contribution in [-0.2, 0) is 0 Å². The van der Waals surface area contributed by atoms with Crippen molar-refractivity contribution >= 4 is 11.5 Å². The van der Waals surface area contributed by atoms with Gasteiger partial charge in [-0.05, 0) is 19.8 Å². The molecule has 1 atom stereocenters. The molecular formula is C14H19N7O. The third kappa shape index (κ3) is 2.59. The van der Waals surface area contributed by atoms with Crippen molar-refractivity contribution in [2.24, 2.45) is 0 Å². The second-order valence-corrected chi connectivity index (χ2v) is 5.71. The zero-order chi connectivity index (χ0) is 15.9. The summed E-state index contributed by atoms with van der Waals surface area (Å²) in [5.74, 6) is 1.67. The first-order valence-electron chi connectivity index (χ1n) is 7.22. The van der Waals surface area contributed by atoms with Gasteiger partial charge in [-0.2, -0.15) is 14.7 Å². The first kappa shape index (κ1) is 14.3. The molecule has 8 nitrogen and oxygen atoms in total. The second-order valence-electron chi connectivity index (χ2n) is 5.71. The van der Waals surface area contributed by atoms with Gasteiger partial charge in [0.1, 0.15) is 5.82 Å². The van der Waals surface area contributed by atoms with Gasteiger partial charge in [-0.15, -0.1) is 0 Å². The molecule has 3 heterocycles. The van der Waals surface area contributed by atoms with Crippen molar-refractivity contribution in [1.29, 1.82) is 0 Å². The summed E-state index contributed by atoms with van der Waals surface area (Å²) >= 11 is 0. The highest BCUT2D eigenvalue weighted by molar-refractivity contribution is 5.51. The van der Waals surface area contributed by atoms with Crippen LogP contribution in [0.3, 0.4) is 0 Å². The molecule has 0 aliphatic carbocycles. The average Bonchev–Trinajstić information content (AvgIpc) is 3.03. The Labute approximate surface area is 127 Å². The van der Waals surface area contributed by atoms with E-state index >= 15 is 0 Å². The van der Waals surface area contributed by atoms with Gasteiger partial charge in [0.15, 0.2) is 11.5 Å². The predicted octanol–water partition coefficient (Wildman–Crippen LogP) is 1.75. The molecule has 0 radical (unpaired) electrons. The number of H-pyrrole nitrogens is 2. The molecule has 3 N–H and O–H groups in total. The Morgan fingerprint density at radius 3 is 2.68 bits per heavy atom. The normalized spacial score (nSPS) is 13.0. The largest absolute Gasteiger partial charge is 0.360 e. The molecular weight excluding hydrogens is 282 g/mol. The molecule has 0 bridgehead atoms. The molecule has 8 heteroatoms. The number of hydrogen-bond donors (Lipinski definition) is 3. The molecule has 0 fully saturated rings. The van der Waals surface area contributed by atoms with E-state index in [-0.39, 0.29) is 11.7 Å². The van der Waals surface area contributed by atoms with E-state index in [9.17, 15) is 4.79 Å². The second kappa shape index (κ2) is 5.28. The third-order valence-corrected chi connectivity index (χ3v) is 3.45. The van der Waals surface area contributed by atoms with Gasteiger partial charge in [0, 0.05) is 17.8 Å². The average molecular weight is 301 g/mol. The van der Waals surface area contributed by atoms with Gasteiger partial charge in [-0.1, -0.05) is 13.8 Å². The quantitative estimate of drug-likeness (QED) is 0.681. The molecule has 3 aromatic rings. The number of fused-ring (bicyclic) bond motifs is 1. The number of hydrogen-bond acceptors (Lipinski definition) is 5. The molecule has 1 unspecified atom stereocenters. The molecule has 22 heavy (non-hydrogen) atoms. The van der Waals surface area contributed by atoms with Gasteiger partial charge < -0.3 is 5.32 Å². The van der Waals surface area contributed by atoms with Crippen LogP contribution in [0.1, 0.15) is 49.9 Å². The lowest BCUT2D eigenvalue weighted by atomic mass is 10.1. The smallest absolute Gasteiger partial charge is 0.340 e. The van der Waals surface area contributed by atoms with Gasteiger partial charge in [-0.3, -0.25) is 4.98 Å². The minimum atomic E-state index is -0.318. The first-order valence-corrected chi connectivity index (χ1v) is 7.22. The maximum absolute atomic E-state index is 11.2. The Kier molecular flexibility index (Phi) is 3.44. The van der Waals surface area contributed by atoms with Crippen LogP contribution in [0.2, 0.25) is 0 Å². The lowest BCUT2D eigenvalue weighted by Crippen LogP contribution is -2.14. The van der Waals surface area contributed by atoms with Crippen molar-refractivity contribution in [3.8, 4) is 0 Å². The molecule has 3 rings (SSSR count). The van der Waals surface area contributed by atoms with Crippen molar-refractivity contribution in [2.45, 2.75) is 39.7 Å². The number of anilines is 1. The molecule has 116 valence electrons. The number of nitrogens with one attached hydrogen (secondary N) is 3. The molecule has 0 saturated carbocycles. The van der Waals surface area contributed by atoms with Crippen molar-refractivity contribution < 1.29 is 0 Å². The highest BCUT2D eigenvalue weighted by Crippen LogP contribution is 2.22. The fourth-order valence-electron chi connectivity index (χ4n) is 2.29. The lowest BCUT2D eigenvalue weighted by molar-refractivity contribution is 0.763. The summed E-state index contributed by atoms with van der Waals surface area (Å²) in [4.78, 5) is 18.5. The summed E-state index contributed by atoms with van der Waals surface area (Å²) in [6, 6.07) is 3.75. The highest BCUT2D eigenvalue weighted by atomic mass is 16.1. The minimum absolute atomic E-state index is 0.172. The van der Waals surface area contributed by atoms with Crippen molar-refractivity contribution in [1.82, 2.24) is 29.8 Å². The number of aromatic nitrogens is 6. The van der Waals surface area contributed by atoms with Crippen molar-refractivity contribution in [3.63, 3.8) is 0 Å². The van der Waals surface area contributed by atoms with Gasteiger partial charge >= 0.3 is 5.69 Å². The lowest BCUT2D eigenvalue weighted by Gasteiger charge is -2.15. The maximum Gasteiger partial charge on any atom is 0.340 e. The fraction of sp³-hybridized carbons (Fsp3) is 0.429. The van der Waals surface area contributed by atoms with Gasteiger partial charge in [0.25, 0.3) is 0 Å². The Hall–Kier alpha value is -2.64. The molecule has 0 aliphatic heterocycles. The van der Waals surface area contributed by atoms with Gasteiger partial charge in [0.2, 0.25) is 0 Å². The maximum atomic E-state index is 11.2. The molecule has 0 saturated heterocycles. The van der Waals surface area contributed by atoms with E-state index in [0.717, 1.165) is 22.9 Å². The van der Waals surface area contributed by atoms with Crippen molar-refractivity contribution in [3.05, 3.63) is 39.8 Å². The topological polar surface area (TPSA) is 104 Å². The monoisotopic (exact) mass is 301 g/mol. The van der Waals surface area contributed by atoms with Crippen LogP contribution in [0.25, 0.3) is 5.65 Å². The minimum Gasteiger partial charge on any atom is -0.360 e. The summed E-state index contributed by atoms with van der Waals surface area (Å²) in [6.45, 7) is 8.05. The molecule has 0 aliphatic rings. The van der Waals surface area contributed by atoms with Crippen LogP contribution in [-0.4, -0.2) is 29.8 Å². The van der Waals surface area contributed by atoms with Gasteiger partial charge in [-0.25, -0.2) is 14.9 Å². The standard InChI is InChI=1S/C14H19N7O/c1-7(2)10-6-12(21-11(16-10)5-8(3)20-21)15-9(4)13-17-14(22)19-18-13/h5-7,9,15H,1-4H3,(H2,17,18,19,22). The van der Waals surface area contributed by atoms with E-state index in [0.29, 0.717) is 11.7 Å². The summed E-state index contributed by atoms with van der Waals surface area (Å²) < 4.78 is 1.77. The highest BCUT2D eigenvalue weighted by Gasteiger charge is 2.15. The third-order valence-electron chi connectivity index (χ3n) is 3.45. The van der Waals surface area contributed by atoms with Crippen LogP contribution in [0.4, 0.5) is 5.82 Å². The van der Waals surface area contributed by atoms with Crippen LogP contribution >= 0.6 is 0 Å². The molecule has 3 aromatic heterocycles. The van der Waals surface area contributed by atoms with Crippen LogP contribution in [0.5, 0.6) is 0 Å². The Bertz CT molecular complexity index is 858. The number of rotatable bonds is 4. The predicted molar refractivity (Wildman–Crippen MR) is 83.1 cm³/mol. The Morgan fingerprint density at radius 1 is 1.27 bits per heavy atom. The number of aromatic amines is 2. The van der Waals surface area contributed by atoms with Crippen LogP contribution < -0.4 is 11.0 Å². The zero-order valence-corrected chi connectivity index (χ0v) is 13.0. The fourth-order valence-corrected chi connectivity index (χ4v) is 2.29. The van der Waals surface area contributed by atoms with Crippen molar-refractivity contribution in [2.75, 3.05) is 5.32 Å². The molecule has 0 aromatic carbocycles. The van der Waals surface area contributed by atoms with E-state index in [2.05, 4.69) is 44.4 Å². The summed E-state index contributed by atoms with van der Waals surface area (Å²) in [5, 5.41) is 14.1. The summed E-state index contributed by atoms with van der Waals surface area (Å²) in [5.41, 5.74) is 2.37. The zero-order valence-electron chi connectivity index (χ0n) is 13.0. The van der Waals surface area contributed by atoms with E-state index in [4.69, 9.17) is 0 Å². The molecule has 0 amide bonds. The Balaban J connectivity index is 2.02. The first-order chi connectivity index (χ1) is 10.4. The summed E-state index contributed by atoms with van der Waals surface area (Å²) in [7, 11) is 0. The number of nitrogens with zero attached hydrogens (tertiary/aromatic N) is 4. The van der Waals surface area contributed by atoms with E-state index in [1.807, 2.05) is 26.0 Å². The molecule has 0 spiro atoms. The van der Waals surface area contributed by atoms with Crippen LogP contribution in [0.15, 0.2) is 16.9 Å². The summed E-state index contributed by atoms with van der Waals surface area (Å²) in [6.07, 6.45) is 0.